The molecule has 2 heterocycles. The SMILES string of the molecule is C=Cc1c(C(C)=O)c(C)n(-c2[c-]ccc(CC)c2)c1C.CC.Cc1ccccn1.[K+]. The molecule has 3 rings (SSSR count). The van der Waals surface area contributed by atoms with Crippen LogP contribution in [0.15, 0.2) is 49.2 Å². The largest absolute Gasteiger partial charge is 1.00 e. The van der Waals surface area contributed by atoms with Crippen molar-refractivity contribution in [2.45, 2.75) is 54.9 Å². The molecule has 154 valence electrons. The van der Waals surface area contributed by atoms with Crippen molar-refractivity contribution < 1.29 is 56.2 Å². The Kier molecular flexibility index (Phi) is 14.0. The zero-order valence-electron chi connectivity index (χ0n) is 19.8. The van der Waals surface area contributed by atoms with Crippen LogP contribution in [0.25, 0.3) is 11.8 Å². The zero-order chi connectivity index (χ0) is 22.0. The second-order valence-corrected chi connectivity index (χ2v) is 6.46. The predicted molar refractivity (Wildman–Crippen MR) is 124 cm³/mol. The van der Waals surface area contributed by atoms with Gasteiger partial charge in [-0.15, -0.1) is 6.07 Å². The first kappa shape index (κ1) is 28.7. The van der Waals surface area contributed by atoms with Gasteiger partial charge in [0.2, 0.25) is 0 Å². The van der Waals surface area contributed by atoms with Crippen LogP contribution in [-0.2, 0) is 6.42 Å². The molecule has 1 aromatic carbocycles. The van der Waals surface area contributed by atoms with Crippen LogP contribution in [0.5, 0.6) is 0 Å². The van der Waals surface area contributed by atoms with Crippen molar-refractivity contribution in [3.8, 4) is 5.69 Å². The third-order valence-corrected chi connectivity index (χ3v) is 4.56. The molecule has 0 saturated carbocycles. The number of carbonyl (C=O) groups is 1. The standard InChI is InChI=1S/C18H20NO.C6H7N.C2H6.K/c1-6-15-9-8-10-16(11-15)19-12(3)17(7-2)18(13(19)4)14(5)20;1-6-4-2-3-5-7-6;1-2;/h7-9,11H,2,6H2,1,3-5H3;2-5H,1H3;1-2H3;/q-1;;;+1. The summed E-state index contributed by atoms with van der Waals surface area (Å²) in [5.74, 6) is 0.0749. The number of aromatic nitrogens is 2. The molecule has 0 fully saturated rings. The first-order valence-electron chi connectivity index (χ1n) is 10.1. The normalized spacial score (nSPS) is 9.30. The van der Waals surface area contributed by atoms with Crippen molar-refractivity contribution >= 4 is 11.9 Å². The Morgan fingerprint density at radius 2 is 1.83 bits per heavy atom. The molecule has 2 aromatic heterocycles. The molecule has 0 amide bonds. The maximum absolute atomic E-state index is 11.9. The third-order valence-electron chi connectivity index (χ3n) is 4.56. The summed E-state index contributed by atoms with van der Waals surface area (Å²) >= 11 is 0. The molecular weight excluding hydrogens is 395 g/mol. The predicted octanol–water partition coefficient (Wildman–Crippen LogP) is 3.72. The minimum absolute atomic E-state index is 0. The molecule has 0 spiro atoms. The van der Waals surface area contributed by atoms with Gasteiger partial charge in [-0.3, -0.25) is 9.78 Å². The minimum Gasteiger partial charge on any atom is -0.341 e. The van der Waals surface area contributed by atoms with Gasteiger partial charge in [-0.05, 0) is 39.8 Å². The summed E-state index contributed by atoms with van der Waals surface area (Å²) in [5.41, 5.74) is 6.98. The van der Waals surface area contributed by atoms with Gasteiger partial charge in [-0.25, -0.2) is 0 Å². The van der Waals surface area contributed by atoms with Crippen LogP contribution in [0.2, 0.25) is 0 Å². The second kappa shape index (κ2) is 14.7. The van der Waals surface area contributed by atoms with Crippen LogP contribution in [0.4, 0.5) is 0 Å². The Morgan fingerprint density at radius 3 is 2.23 bits per heavy atom. The molecule has 0 N–H and O–H groups in total. The van der Waals surface area contributed by atoms with E-state index in [4.69, 9.17) is 0 Å². The number of carbonyl (C=O) groups excluding carboxylic acids is 1. The van der Waals surface area contributed by atoms with Crippen molar-refractivity contribution in [2.24, 2.45) is 0 Å². The fraction of sp³-hybridized carbons (Fsp3) is 0.308. The number of Topliss-reactive ketones (excluding diaryl/α,β-unsaturated/α-hetero) is 1. The fourth-order valence-corrected chi connectivity index (χ4v) is 3.21. The summed E-state index contributed by atoms with van der Waals surface area (Å²) in [7, 11) is 0. The number of benzene rings is 1. The van der Waals surface area contributed by atoms with Crippen LogP contribution in [0.3, 0.4) is 0 Å². The van der Waals surface area contributed by atoms with Gasteiger partial charge >= 0.3 is 51.4 Å². The molecule has 0 atom stereocenters. The number of pyridine rings is 1. The maximum Gasteiger partial charge on any atom is 1.00 e. The monoisotopic (exact) mass is 428 g/mol. The Labute approximate surface area is 225 Å². The molecule has 0 bridgehead atoms. The van der Waals surface area contributed by atoms with E-state index in [1.165, 1.54) is 5.56 Å². The van der Waals surface area contributed by atoms with E-state index in [1.807, 2.05) is 58.9 Å². The molecule has 3 nitrogen and oxygen atoms in total. The Morgan fingerprint density at radius 1 is 1.17 bits per heavy atom. The summed E-state index contributed by atoms with van der Waals surface area (Å²) in [6, 6.07) is 15.2. The minimum atomic E-state index is 0. The average molecular weight is 429 g/mol. The number of ketones is 1. The molecule has 0 unspecified atom stereocenters. The van der Waals surface area contributed by atoms with Gasteiger partial charge in [0.15, 0.2) is 5.78 Å². The van der Waals surface area contributed by atoms with E-state index >= 15 is 0 Å². The van der Waals surface area contributed by atoms with Crippen LogP contribution in [0.1, 0.15) is 66.3 Å². The van der Waals surface area contributed by atoms with E-state index in [0.29, 0.717) is 0 Å². The summed E-state index contributed by atoms with van der Waals surface area (Å²) in [6.45, 7) is 17.5. The molecule has 0 radical (unpaired) electrons. The average Bonchev–Trinajstić information content (AvgIpc) is 3.00. The van der Waals surface area contributed by atoms with Crippen LogP contribution < -0.4 is 51.4 Å². The van der Waals surface area contributed by atoms with E-state index in [9.17, 15) is 4.79 Å². The third kappa shape index (κ3) is 7.43. The van der Waals surface area contributed by atoms with E-state index in [1.54, 1.807) is 19.2 Å². The first-order valence-corrected chi connectivity index (χ1v) is 10.1. The fourth-order valence-electron chi connectivity index (χ4n) is 3.21. The van der Waals surface area contributed by atoms with Crippen LogP contribution in [-0.4, -0.2) is 15.3 Å². The molecular formula is C26H33KN2O. The van der Waals surface area contributed by atoms with Crippen molar-refractivity contribution in [1.82, 2.24) is 9.55 Å². The second-order valence-electron chi connectivity index (χ2n) is 6.46. The maximum atomic E-state index is 11.9. The van der Waals surface area contributed by atoms with Gasteiger partial charge < -0.3 is 4.57 Å². The molecule has 0 aliphatic carbocycles. The van der Waals surface area contributed by atoms with Gasteiger partial charge in [0.1, 0.15) is 0 Å². The summed E-state index contributed by atoms with van der Waals surface area (Å²) < 4.78 is 2.09. The smallest absolute Gasteiger partial charge is 0.341 e. The number of hydrogen-bond acceptors (Lipinski definition) is 2. The Bertz CT molecular complexity index is 943. The van der Waals surface area contributed by atoms with Crippen LogP contribution >= 0.6 is 0 Å². The van der Waals surface area contributed by atoms with Gasteiger partial charge in [-0.1, -0.05) is 51.6 Å². The number of hydrogen-bond donors (Lipinski definition) is 0. The van der Waals surface area contributed by atoms with E-state index in [2.05, 4.69) is 41.3 Å². The van der Waals surface area contributed by atoms with Gasteiger partial charge in [0, 0.05) is 34.4 Å². The first-order chi connectivity index (χ1) is 13.9. The summed E-state index contributed by atoms with van der Waals surface area (Å²) in [6.07, 6.45) is 4.53. The van der Waals surface area contributed by atoms with Gasteiger partial charge in [0.25, 0.3) is 0 Å². The van der Waals surface area contributed by atoms with E-state index < -0.39 is 0 Å². The Hall–Kier alpha value is -1.30. The summed E-state index contributed by atoms with van der Waals surface area (Å²) in [4.78, 5) is 15.9. The van der Waals surface area contributed by atoms with Crippen molar-refractivity contribution in [3.05, 3.63) is 89.0 Å². The van der Waals surface area contributed by atoms with Crippen molar-refractivity contribution in [1.29, 1.82) is 0 Å². The number of rotatable bonds is 4. The zero-order valence-corrected chi connectivity index (χ0v) is 23.0. The molecule has 0 aliphatic rings. The molecule has 3 aromatic rings. The Balaban J connectivity index is 0.000000708. The molecule has 0 aliphatic heterocycles. The van der Waals surface area contributed by atoms with Gasteiger partial charge in [0.05, 0.1) is 0 Å². The number of aryl methyl sites for hydroxylation is 2. The molecule has 4 heteroatoms. The van der Waals surface area contributed by atoms with E-state index in [0.717, 1.165) is 40.3 Å². The van der Waals surface area contributed by atoms with Gasteiger partial charge in [-0.2, -0.15) is 23.8 Å². The van der Waals surface area contributed by atoms with E-state index in [-0.39, 0.29) is 57.2 Å². The number of nitrogens with zero attached hydrogens (tertiary/aromatic N) is 2. The van der Waals surface area contributed by atoms with Crippen molar-refractivity contribution in [2.75, 3.05) is 0 Å². The topological polar surface area (TPSA) is 34.9 Å². The van der Waals surface area contributed by atoms with Crippen molar-refractivity contribution in [3.63, 3.8) is 0 Å². The van der Waals surface area contributed by atoms with Crippen LogP contribution in [0, 0.1) is 26.8 Å². The quantitative estimate of drug-likeness (QED) is 0.361. The molecule has 0 saturated heterocycles. The summed E-state index contributed by atoms with van der Waals surface area (Å²) in [5, 5.41) is 0. The molecule has 30 heavy (non-hydrogen) atoms.